The van der Waals surface area contributed by atoms with Crippen molar-refractivity contribution in [2.45, 2.75) is 89.1 Å². The van der Waals surface area contributed by atoms with Gasteiger partial charge in [0.05, 0.1) is 6.42 Å². The van der Waals surface area contributed by atoms with Gasteiger partial charge in [-0.05, 0) is 66.6 Å². The number of amides is 5. The number of fused-ring (bicyclic) bond motifs is 18. The van der Waals surface area contributed by atoms with E-state index >= 15 is 0 Å². The average molecular weight is 810 g/mol. The molecule has 3 aromatic carbocycles. The monoisotopic (exact) mass is 809 g/mol. The molecule has 1 aromatic heterocycles. The zero-order valence-electron chi connectivity index (χ0n) is 32.4. The van der Waals surface area contributed by atoms with Crippen LogP contribution in [0.3, 0.4) is 0 Å². The lowest BCUT2D eigenvalue weighted by Gasteiger charge is -2.27. The summed E-state index contributed by atoms with van der Waals surface area (Å²) in [5.41, 5.74) is 2.47. The number of ether oxygens (including phenoxy) is 1. The molecule has 58 heavy (non-hydrogen) atoms. The van der Waals surface area contributed by atoms with Crippen LogP contribution in [0, 0.1) is 0 Å². The maximum atomic E-state index is 14.3. The van der Waals surface area contributed by atoms with Gasteiger partial charge >= 0.3 is 11.9 Å². The summed E-state index contributed by atoms with van der Waals surface area (Å²) in [5, 5.41) is 25.1. The predicted molar refractivity (Wildman–Crippen MR) is 217 cm³/mol. The quantitative estimate of drug-likeness (QED) is 0.112. The highest BCUT2D eigenvalue weighted by atomic mass is 32.1. The molecule has 14 nitrogen and oxygen atoms in total. The van der Waals surface area contributed by atoms with Gasteiger partial charge < -0.3 is 36.4 Å². The van der Waals surface area contributed by atoms with Crippen LogP contribution < -0.4 is 26.6 Å². The molecule has 15 heteroatoms. The fourth-order valence-corrected chi connectivity index (χ4v) is 6.95. The Bertz CT molecular complexity index is 2080. The molecule has 4 aromatic rings. The SMILES string of the molecule is CC(C)(C)OC(=O)C[C@H]1NC(=O)[C@H](Cc2ccc(-c3ccccc3)cc2)NC(=O)[C@@H](Cc2cccs2)NC(=O)CCC(=O)Nc2ccc(cc2)C[C@@H](C(=O)O)NC1=O. The molecule has 0 fully saturated rings. The van der Waals surface area contributed by atoms with Crippen molar-refractivity contribution in [2.24, 2.45) is 0 Å². The Morgan fingerprint density at radius 2 is 1.29 bits per heavy atom. The van der Waals surface area contributed by atoms with Crippen LogP contribution in [0.1, 0.15) is 56.0 Å². The van der Waals surface area contributed by atoms with E-state index in [0.717, 1.165) is 16.0 Å². The number of nitrogens with one attached hydrogen (secondary N) is 5. The van der Waals surface area contributed by atoms with Crippen molar-refractivity contribution in [3.8, 4) is 11.1 Å². The lowest BCUT2D eigenvalue weighted by molar-refractivity contribution is -0.156. The summed E-state index contributed by atoms with van der Waals surface area (Å²) in [6.07, 6.45) is -1.26. The fraction of sp³-hybridized carbons (Fsp3) is 0.326. The first kappa shape index (κ1) is 42.8. The Morgan fingerprint density at radius 1 is 0.690 bits per heavy atom. The Morgan fingerprint density at radius 3 is 1.91 bits per heavy atom. The van der Waals surface area contributed by atoms with Crippen molar-refractivity contribution >= 4 is 58.5 Å². The van der Waals surface area contributed by atoms with Gasteiger partial charge in [-0.25, -0.2) is 4.79 Å². The summed E-state index contributed by atoms with van der Waals surface area (Å²) in [5.74, 6) is -5.77. The molecule has 304 valence electrons. The van der Waals surface area contributed by atoms with Crippen molar-refractivity contribution in [1.29, 1.82) is 0 Å². The molecular formula is C43H47N5O9S. The first-order valence-corrected chi connectivity index (χ1v) is 19.7. The Balaban J connectivity index is 1.51. The Kier molecular flexibility index (Phi) is 14.5. The second kappa shape index (κ2) is 19.7. The molecule has 0 saturated heterocycles. The molecule has 2 aliphatic heterocycles. The third-order valence-electron chi connectivity index (χ3n) is 9.07. The highest BCUT2D eigenvalue weighted by Crippen LogP contribution is 2.21. The molecule has 4 atom stereocenters. The van der Waals surface area contributed by atoms with Gasteiger partial charge in [-0.15, -0.1) is 11.3 Å². The zero-order valence-corrected chi connectivity index (χ0v) is 33.2. The van der Waals surface area contributed by atoms with Crippen LogP contribution in [-0.2, 0) is 57.6 Å². The highest BCUT2D eigenvalue weighted by molar-refractivity contribution is 7.09. The van der Waals surface area contributed by atoms with Crippen LogP contribution in [-0.4, -0.2) is 76.3 Å². The number of carboxylic acid groups (broad SMARTS) is 1. The van der Waals surface area contributed by atoms with Gasteiger partial charge in [0, 0.05) is 42.7 Å². The van der Waals surface area contributed by atoms with E-state index in [-0.39, 0.29) is 32.1 Å². The second-order valence-electron chi connectivity index (χ2n) is 14.9. The van der Waals surface area contributed by atoms with Gasteiger partial charge in [-0.3, -0.25) is 28.8 Å². The molecule has 6 rings (SSSR count). The summed E-state index contributed by atoms with van der Waals surface area (Å²) in [7, 11) is 0. The van der Waals surface area contributed by atoms with Crippen molar-refractivity contribution < 1.29 is 43.4 Å². The maximum Gasteiger partial charge on any atom is 0.326 e. The van der Waals surface area contributed by atoms with Gasteiger partial charge in [0.15, 0.2) is 0 Å². The normalized spacial score (nSPS) is 20.0. The lowest BCUT2D eigenvalue weighted by atomic mass is 9.99. The molecule has 2 bridgehead atoms. The first-order chi connectivity index (χ1) is 27.6. The number of esters is 1. The molecule has 3 heterocycles. The van der Waals surface area contributed by atoms with E-state index in [0.29, 0.717) is 16.8 Å². The number of hydrogen-bond acceptors (Lipinski definition) is 9. The summed E-state index contributed by atoms with van der Waals surface area (Å²) >= 11 is 1.37. The fourth-order valence-electron chi connectivity index (χ4n) is 6.20. The molecule has 2 aliphatic rings. The van der Waals surface area contributed by atoms with Gasteiger partial charge in [-0.1, -0.05) is 72.8 Å². The number of aliphatic carboxylic acids is 1. The number of hydrogen-bond donors (Lipinski definition) is 6. The molecule has 6 N–H and O–H groups in total. The molecule has 0 aliphatic carbocycles. The van der Waals surface area contributed by atoms with Crippen LogP contribution in [0.2, 0.25) is 0 Å². The molecule has 0 unspecified atom stereocenters. The predicted octanol–water partition coefficient (Wildman–Crippen LogP) is 3.93. The van der Waals surface area contributed by atoms with Crippen LogP contribution in [0.15, 0.2) is 96.4 Å². The number of benzene rings is 3. The van der Waals surface area contributed by atoms with E-state index in [2.05, 4.69) is 26.6 Å². The van der Waals surface area contributed by atoms with Gasteiger partial charge in [0.25, 0.3) is 0 Å². The van der Waals surface area contributed by atoms with Crippen LogP contribution in [0.25, 0.3) is 11.1 Å². The topological polar surface area (TPSA) is 209 Å². The summed E-state index contributed by atoms with van der Waals surface area (Å²) in [6.45, 7) is 4.91. The smallest absolute Gasteiger partial charge is 0.326 e. The summed E-state index contributed by atoms with van der Waals surface area (Å²) in [4.78, 5) is 94.6. The maximum absolute atomic E-state index is 14.3. The number of rotatable bonds is 8. The standard InChI is InChI=1S/C43H47N5O9S/c1-43(2,3)57-38(51)25-34-41(54)48-35(42(55)56)23-27-13-17-30(18-14-27)44-36(49)19-20-37(50)45-33(24-31-10-7-21-58-31)40(53)46-32(39(52)47-34)22-26-11-15-29(16-12-26)28-8-5-4-6-9-28/h4-18,21,32-35H,19-20,22-25H2,1-3H3,(H,44,49)(H,45,50)(H,46,53)(H,47,52)(H,48,54)(H,55,56)/t32-,33+,34+,35-/m0/s1. The Hall–Kier alpha value is -6.35. The second-order valence-corrected chi connectivity index (χ2v) is 16.0. The van der Waals surface area contributed by atoms with Gasteiger partial charge in [-0.2, -0.15) is 0 Å². The summed E-state index contributed by atoms with van der Waals surface area (Å²) in [6, 6.07) is 21.2. The largest absolute Gasteiger partial charge is 0.480 e. The molecule has 0 saturated carbocycles. The van der Waals surface area contributed by atoms with Crippen molar-refractivity contribution in [1.82, 2.24) is 21.3 Å². The Labute approximate surface area is 340 Å². The van der Waals surface area contributed by atoms with Crippen molar-refractivity contribution in [3.63, 3.8) is 0 Å². The molecule has 0 radical (unpaired) electrons. The zero-order chi connectivity index (χ0) is 41.8. The van der Waals surface area contributed by atoms with E-state index in [1.807, 2.05) is 47.8 Å². The number of anilines is 1. The van der Waals surface area contributed by atoms with Gasteiger partial charge in [0.2, 0.25) is 29.5 Å². The van der Waals surface area contributed by atoms with Crippen LogP contribution >= 0.6 is 11.3 Å². The highest BCUT2D eigenvalue weighted by Gasteiger charge is 2.34. The van der Waals surface area contributed by atoms with Crippen LogP contribution in [0.4, 0.5) is 5.69 Å². The number of carboxylic acids is 1. The minimum absolute atomic E-state index is 0.0686. The van der Waals surface area contributed by atoms with E-state index < -0.39 is 77.7 Å². The number of carbonyl (C=O) groups excluding carboxylic acids is 6. The van der Waals surface area contributed by atoms with E-state index in [4.69, 9.17) is 4.74 Å². The number of carbonyl (C=O) groups is 7. The molecule has 0 spiro atoms. The van der Waals surface area contributed by atoms with E-state index in [9.17, 15) is 38.7 Å². The number of thiophene rings is 1. The van der Waals surface area contributed by atoms with Crippen LogP contribution in [0.5, 0.6) is 0 Å². The lowest BCUT2D eigenvalue weighted by Crippen LogP contribution is -2.59. The average Bonchev–Trinajstić information content (AvgIpc) is 3.69. The van der Waals surface area contributed by atoms with E-state index in [1.54, 1.807) is 69.3 Å². The molecule has 5 amide bonds. The third kappa shape index (κ3) is 13.1. The minimum Gasteiger partial charge on any atom is -0.480 e. The van der Waals surface area contributed by atoms with Gasteiger partial charge in [0.1, 0.15) is 29.8 Å². The van der Waals surface area contributed by atoms with Crippen molar-refractivity contribution in [3.05, 3.63) is 112 Å². The minimum atomic E-state index is -1.61. The molecular weight excluding hydrogens is 763 g/mol. The van der Waals surface area contributed by atoms with E-state index in [1.165, 1.54) is 11.3 Å². The summed E-state index contributed by atoms with van der Waals surface area (Å²) < 4.78 is 5.45. The third-order valence-corrected chi connectivity index (χ3v) is 9.96. The first-order valence-electron chi connectivity index (χ1n) is 18.8. The van der Waals surface area contributed by atoms with Crippen molar-refractivity contribution in [2.75, 3.05) is 5.32 Å².